The maximum atomic E-state index is 12.1. The highest BCUT2D eigenvalue weighted by molar-refractivity contribution is 5.72. The zero-order chi connectivity index (χ0) is 16.8. The lowest BCUT2D eigenvalue weighted by Crippen LogP contribution is -2.30. The van der Waals surface area contributed by atoms with E-state index in [-0.39, 0.29) is 6.10 Å². The molecule has 0 saturated carbocycles. The zero-order valence-electron chi connectivity index (χ0n) is 13.3. The second-order valence-corrected chi connectivity index (χ2v) is 5.86. The lowest BCUT2D eigenvalue weighted by atomic mass is 10.2. The molecule has 0 amide bonds. The van der Waals surface area contributed by atoms with Crippen molar-refractivity contribution in [1.29, 1.82) is 0 Å². The minimum atomic E-state index is -0.497. The predicted molar refractivity (Wildman–Crippen MR) is 86.7 cm³/mol. The Morgan fingerprint density at radius 3 is 3.04 bits per heavy atom. The second kappa shape index (κ2) is 5.26. The molecule has 0 saturated heterocycles. The van der Waals surface area contributed by atoms with E-state index in [1.165, 1.54) is 4.57 Å². The van der Waals surface area contributed by atoms with Crippen molar-refractivity contribution < 1.29 is 9.47 Å². The molecule has 1 aliphatic heterocycles. The van der Waals surface area contributed by atoms with Crippen LogP contribution in [-0.2, 0) is 13.6 Å². The van der Waals surface area contributed by atoms with Crippen molar-refractivity contribution in [2.45, 2.75) is 19.6 Å². The third-order valence-electron chi connectivity index (χ3n) is 4.06. The Kier molecular flexibility index (Phi) is 3.19. The first-order valence-electron chi connectivity index (χ1n) is 7.58. The zero-order valence-corrected chi connectivity index (χ0v) is 13.3. The molecular formula is C16H16N4O4. The van der Waals surface area contributed by atoms with Crippen LogP contribution in [0.4, 0.5) is 0 Å². The van der Waals surface area contributed by atoms with Gasteiger partial charge in [0.2, 0.25) is 0 Å². The van der Waals surface area contributed by atoms with Crippen molar-refractivity contribution in [2.75, 3.05) is 6.61 Å². The standard InChI is InChI=1S/C16H16N4O4/c1-9-4-3-5-10(6-9)23-8-11-7-20-12-13(17-16(20)24-11)19(2)15(22)18-14(12)21/h3-6,11H,7-8H2,1-2H3,(H,18,21,22)/t11-/m0/s1. The van der Waals surface area contributed by atoms with Gasteiger partial charge in [0.25, 0.3) is 11.6 Å². The van der Waals surface area contributed by atoms with Crippen LogP contribution in [0.1, 0.15) is 5.56 Å². The Balaban J connectivity index is 1.58. The van der Waals surface area contributed by atoms with Gasteiger partial charge in [-0.2, -0.15) is 4.98 Å². The largest absolute Gasteiger partial charge is 0.490 e. The molecule has 24 heavy (non-hydrogen) atoms. The SMILES string of the molecule is Cc1cccc(OC[C@@H]2Cn3c(nc4c3c(=O)[nH]c(=O)n4C)O2)c1. The molecular weight excluding hydrogens is 312 g/mol. The molecule has 0 radical (unpaired) electrons. The first kappa shape index (κ1) is 14.6. The maximum Gasteiger partial charge on any atom is 0.329 e. The van der Waals surface area contributed by atoms with E-state index in [1.807, 2.05) is 31.2 Å². The number of ether oxygens (including phenoxy) is 2. The van der Waals surface area contributed by atoms with Crippen LogP contribution >= 0.6 is 0 Å². The van der Waals surface area contributed by atoms with E-state index in [9.17, 15) is 9.59 Å². The van der Waals surface area contributed by atoms with E-state index in [0.29, 0.717) is 30.3 Å². The minimum absolute atomic E-state index is 0.242. The van der Waals surface area contributed by atoms with Crippen LogP contribution in [0.25, 0.3) is 11.2 Å². The number of nitrogens with one attached hydrogen (secondary N) is 1. The molecule has 0 unspecified atom stereocenters. The topological polar surface area (TPSA) is 91.1 Å². The molecule has 3 aromatic rings. The van der Waals surface area contributed by atoms with E-state index in [0.717, 1.165) is 11.3 Å². The summed E-state index contributed by atoms with van der Waals surface area (Å²) in [6.07, 6.45) is -0.242. The molecule has 0 fully saturated rings. The van der Waals surface area contributed by atoms with Gasteiger partial charge in [0.1, 0.15) is 12.4 Å². The maximum absolute atomic E-state index is 12.1. The number of hydrogen-bond donors (Lipinski definition) is 1. The Morgan fingerprint density at radius 2 is 2.25 bits per heavy atom. The molecule has 1 N–H and O–H groups in total. The normalized spacial score (nSPS) is 16.2. The van der Waals surface area contributed by atoms with E-state index >= 15 is 0 Å². The summed E-state index contributed by atoms with van der Waals surface area (Å²) in [6.45, 7) is 2.79. The highest BCUT2D eigenvalue weighted by Crippen LogP contribution is 2.25. The van der Waals surface area contributed by atoms with Crippen molar-refractivity contribution in [3.8, 4) is 11.8 Å². The number of benzene rings is 1. The summed E-state index contributed by atoms with van der Waals surface area (Å²) in [5.74, 6) is 0.772. The number of aromatic nitrogens is 4. The van der Waals surface area contributed by atoms with E-state index in [1.54, 1.807) is 11.6 Å². The molecule has 0 bridgehead atoms. The molecule has 8 nitrogen and oxygen atoms in total. The third kappa shape index (κ3) is 2.27. The van der Waals surface area contributed by atoms with Gasteiger partial charge in [-0.1, -0.05) is 12.1 Å². The lowest BCUT2D eigenvalue weighted by molar-refractivity contribution is 0.144. The monoisotopic (exact) mass is 328 g/mol. The number of imidazole rings is 1. The lowest BCUT2D eigenvalue weighted by Gasteiger charge is -2.12. The van der Waals surface area contributed by atoms with E-state index in [4.69, 9.17) is 9.47 Å². The van der Waals surface area contributed by atoms with Crippen LogP contribution < -0.4 is 20.7 Å². The smallest absolute Gasteiger partial charge is 0.329 e. The number of H-pyrrole nitrogens is 1. The number of aromatic amines is 1. The van der Waals surface area contributed by atoms with E-state index in [2.05, 4.69) is 9.97 Å². The van der Waals surface area contributed by atoms with Gasteiger partial charge in [-0.15, -0.1) is 0 Å². The van der Waals surface area contributed by atoms with Crippen LogP contribution in [0, 0.1) is 6.92 Å². The summed E-state index contributed by atoms with van der Waals surface area (Å²) in [6, 6.07) is 8.09. The van der Waals surface area contributed by atoms with Gasteiger partial charge in [-0.3, -0.25) is 18.9 Å². The van der Waals surface area contributed by atoms with Gasteiger partial charge in [0, 0.05) is 7.05 Å². The van der Waals surface area contributed by atoms with Gasteiger partial charge in [-0.05, 0) is 24.6 Å². The Labute approximate surface area is 136 Å². The fourth-order valence-electron chi connectivity index (χ4n) is 2.84. The first-order valence-corrected chi connectivity index (χ1v) is 7.58. The van der Waals surface area contributed by atoms with Crippen molar-refractivity contribution in [1.82, 2.24) is 19.1 Å². The van der Waals surface area contributed by atoms with Crippen LogP contribution in [-0.4, -0.2) is 31.8 Å². The highest BCUT2D eigenvalue weighted by Gasteiger charge is 2.29. The average molecular weight is 328 g/mol. The van der Waals surface area contributed by atoms with Gasteiger partial charge in [-0.25, -0.2) is 4.79 Å². The fourth-order valence-corrected chi connectivity index (χ4v) is 2.84. The number of hydrogen-bond acceptors (Lipinski definition) is 5. The predicted octanol–water partition coefficient (Wildman–Crippen LogP) is 0.572. The average Bonchev–Trinajstić information content (AvgIpc) is 3.08. The first-order chi connectivity index (χ1) is 11.5. The molecule has 0 spiro atoms. The van der Waals surface area contributed by atoms with Crippen molar-refractivity contribution >= 4 is 11.2 Å². The number of aryl methyl sites for hydroxylation is 2. The van der Waals surface area contributed by atoms with Crippen LogP contribution in [0.5, 0.6) is 11.8 Å². The molecule has 3 heterocycles. The Hall–Kier alpha value is -3.03. The molecule has 0 aliphatic carbocycles. The fraction of sp³-hybridized carbons (Fsp3) is 0.312. The minimum Gasteiger partial charge on any atom is -0.490 e. The summed E-state index contributed by atoms with van der Waals surface area (Å²) in [5.41, 5.74) is 0.812. The quantitative estimate of drug-likeness (QED) is 0.759. The third-order valence-corrected chi connectivity index (χ3v) is 4.06. The van der Waals surface area contributed by atoms with Gasteiger partial charge >= 0.3 is 5.69 Å². The Morgan fingerprint density at radius 1 is 1.42 bits per heavy atom. The summed E-state index contributed by atoms with van der Waals surface area (Å²) >= 11 is 0. The van der Waals surface area contributed by atoms with Gasteiger partial charge in [0.15, 0.2) is 17.3 Å². The Bertz CT molecular complexity index is 1050. The van der Waals surface area contributed by atoms with Gasteiger partial charge in [0.05, 0.1) is 6.54 Å². The number of rotatable bonds is 3. The molecule has 1 aliphatic rings. The molecule has 1 atom stereocenters. The molecule has 124 valence electrons. The summed E-state index contributed by atoms with van der Waals surface area (Å²) in [7, 11) is 1.56. The summed E-state index contributed by atoms with van der Waals surface area (Å²) in [5, 5.41) is 0. The van der Waals surface area contributed by atoms with Crippen molar-refractivity contribution in [3.63, 3.8) is 0 Å². The van der Waals surface area contributed by atoms with Crippen LogP contribution in [0.3, 0.4) is 0 Å². The highest BCUT2D eigenvalue weighted by atomic mass is 16.6. The molecule has 2 aromatic heterocycles. The van der Waals surface area contributed by atoms with Crippen LogP contribution in [0.15, 0.2) is 33.9 Å². The molecule has 8 heteroatoms. The second-order valence-electron chi connectivity index (χ2n) is 5.86. The van der Waals surface area contributed by atoms with Crippen LogP contribution in [0.2, 0.25) is 0 Å². The van der Waals surface area contributed by atoms with E-state index < -0.39 is 11.2 Å². The van der Waals surface area contributed by atoms with Crippen molar-refractivity contribution in [2.24, 2.45) is 7.05 Å². The van der Waals surface area contributed by atoms with Gasteiger partial charge < -0.3 is 9.47 Å². The molecule has 4 rings (SSSR count). The molecule has 1 aromatic carbocycles. The summed E-state index contributed by atoms with van der Waals surface area (Å²) < 4.78 is 14.5. The summed E-state index contributed by atoms with van der Waals surface area (Å²) in [4.78, 5) is 30.3. The number of nitrogens with zero attached hydrogens (tertiary/aromatic N) is 3. The number of fused-ring (bicyclic) bond motifs is 3. The van der Waals surface area contributed by atoms with Crippen molar-refractivity contribution in [3.05, 3.63) is 50.7 Å².